The van der Waals surface area contributed by atoms with Gasteiger partial charge in [-0.3, -0.25) is 4.98 Å². The minimum Gasteiger partial charge on any atom is -0.262 e. The number of nitriles is 1. The highest BCUT2D eigenvalue weighted by atomic mass is 35.5. The van der Waals surface area contributed by atoms with Crippen LogP contribution in [0.4, 0.5) is 0 Å². The van der Waals surface area contributed by atoms with Gasteiger partial charge in [0.05, 0.1) is 5.02 Å². The second-order valence-electron chi connectivity index (χ2n) is 1.75. The fourth-order valence-electron chi connectivity index (χ4n) is 0.580. The maximum Gasteiger partial charge on any atom is 0.152 e. The molecule has 0 aliphatic heterocycles. The molecule has 0 N–H and O–H groups in total. The van der Waals surface area contributed by atoms with Gasteiger partial charge >= 0.3 is 0 Å². The second-order valence-corrected chi connectivity index (χ2v) is 2.19. The Balaban J connectivity index is 2.99. The van der Waals surface area contributed by atoms with E-state index in [0.29, 0.717) is 10.6 Å². The summed E-state index contributed by atoms with van der Waals surface area (Å²) in [6.45, 7) is 0. The molecule has 1 aromatic rings. The third kappa shape index (κ3) is 2.29. The maximum absolute atomic E-state index is 8.12. The lowest BCUT2D eigenvalue weighted by molar-refractivity contribution is 1.31. The number of hydrogen-bond acceptors (Lipinski definition) is 2. The first-order valence-electron chi connectivity index (χ1n) is 2.83. The molecule has 0 atom stereocenters. The van der Waals surface area contributed by atoms with Crippen LogP contribution in [0.3, 0.4) is 0 Å². The number of rotatable bonds is 0. The lowest BCUT2D eigenvalue weighted by Crippen LogP contribution is -1.76. The summed E-state index contributed by atoms with van der Waals surface area (Å²) in [6, 6.07) is 3.36. The van der Waals surface area contributed by atoms with Crippen molar-refractivity contribution in [1.29, 1.82) is 5.26 Å². The topological polar surface area (TPSA) is 36.7 Å². The molecule has 1 heterocycles. The average molecular weight is 163 g/mol. The minimum atomic E-state index is 0.523. The number of aromatic nitrogens is 1. The van der Waals surface area contributed by atoms with Crippen LogP contribution in [0.25, 0.3) is 0 Å². The average Bonchev–Trinajstić information content (AvgIpc) is 2.01. The highest BCUT2D eigenvalue weighted by Gasteiger charge is 1.88. The highest BCUT2D eigenvalue weighted by Crippen LogP contribution is 2.06. The first-order valence-corrected chi connectivity index (χ1v) is 3.21. The van der Waals surface area contributed by atoms with Gasteiger partial charge in [0.2, 0.25) is 0 Å². The lowest BCUT2D eigenvalue weighted by Gasteiger charge is -1.87. The van der Waals surface area contributed by atoms with E-state index in [9.17, 15) is 0 Å². The molecule has 0 fully saturated rings. The third-order valence-electron chi connectivity index (χ3n) is 0.968. The zero-order valence-corrected chi connectivity index (χ0v) is 6.26. The number of pyridine rings is 1. The molecule has 0 bridgehead atoms. The minimum absolute atomic E-state index is 0.523. The molecule has 1 aromatic heterocycles. The third-order valence-corrected chi connectivity index (χ3v) is 1.17. The Hall–Kier alpha value is -1.51. The van der Waals surface area contributed by atoms with Crippen LogP contribution in [0.1, 0.15) is 5.56 Å². The zero-order valence-electron chi connectivity index (χ0n) is 5.50. The van der Waals surface area contributed by atoms with Gasteiger partial charge in [-0.15, -0.1) is 0 Å². The molecule has 2 nitrogen and oxygen atoms in total. The summed E-state index contributed by atoms with van der Waals surface area (Å²) >= 11 is 5.61. The summed E-state index contributed by atoms with van der Waals surface area (Å²) in [6.07, 6.45) is 3.06. The van der Waals surface area contributed by atoms with Crippen LogP contribution in [-0.2, 0) is 0 Å². The van der Waals surface area contributed by atoms with Crippen molar-refractivity contribution in [1.82, 2.24) is 4.98 Å². The first-order chi connectivity index (χ1) is 5.33. The van der Waals surface area contributed by atoms with Crippen LogP contribution in [-0.4, -0.2) is 4.98 Å². The first kappa shape index (κ1) is 7.60. The quantitative estimate of drug-likeness (QED) is 0.544. The van der Waals surface area contributed by atoms with Crippen molar-refractivity contribution in [3.05, 3.63) is 29.0 Å². The van der Waals surface area contributed by atoms with E-state index in [4.69, 9.17) is 16.9 Å². The summed E-state index contributed by atoms with van der Waals surface area (Å²) < 4.78 is 0. The molecule has 0 spiro atoms. The van der Waals surface area contributed by atoms with Crippen molar-refractivity contribution in [2.75, 3.05) is 0 Å². The van der Waals surface area contributed by atoms with E-state index in [1.807, 2.05) is 0 Å². The van der Waals surface area contributed by atoms with Crippen molar-refractivity contribution in [3.63, 3.8) is 0 Å². The van der Waals surface area contributed by atoms with Crippen LogP contribution < -0.4 is 0 Å². The number of hydrogen-bond donors (Lipinski definition) is 0. The smallest absolute Gasteiger partial charge is 0.152 e. The van der Waals surface area contributed by atoms with Crippen molar-refractivity contribution < 1.29 is 0 Å². The van der Waals surface area contributed by atoms with Crippen LogP contribution >= 0.6 is 11.6 Å². The predicted molar refractivity (Wildman–Crippen MR) is 41.7 cm³/mol. The Labute approximate surface area is 69.4 Å². The Morgan fingerprint density at radius 3 is 2.91 bits per heavy atom. The largest absolute Gasteiger partial charge is 0.262 e. The summed E-state index contributed by atoms with van der Waals surface area (Å²) in [4.78, 5) is 3.79. The summed E-state index contributed by atoms with van der Waals surface area (Å²) in [5.74, 6) is 4.83. The molecule has 0 saturated heterocycles. The van der Waals surface area contributed by atoms with Gasteiger partial charge in [0.25, 0.3) is 0 Å². The van der Waals surface area contributed by atoms with Gasteiger partial charge < -0.3 is 0 Å². The maximum atomic E-state index is 8.12. The van der Waals surface area contributed by atoms with Crippen LogP contribution in [0, 0.1) is 23.2 Å². The van der Waals surface area contributed by atoms with E-state index in [-0.39, 0.29) is 0 Å². The van der Waals surface area contributed by atoms with E-state index in [1.54, 1.807) is 18.3 Å². The predicted octanol–water partition coefficient (Wildman–Crippen LogP) is 1.61. The van der Waals surface area contributed by atoms with E-state index >= 15 is 0 Å². The molecule has 1 rings (SSSR count). The number of halogens is 1. The van der Waals surface area contributed by atoms with Gasteiger partial charge in [-0.2, -0.15) is 5.26 Å². The molecule has 0 unspecified atom stereocenters. The Kier molecular flexibility index (Phi) is 2.49. The van der Waals surface area contributed by atoms with Gasteiger partial charge in [0.15, 0.2) is 6.07 Å². The Morgan fingerprint density at radius 2 is 2.27 bits per heavy atom. The zero-order chi connectivity index (χ0) is 8.10. The van der Waals surface area contributed by atoms with Gasteiger partial charge in [0, 0.05) is 23.9 Å². The summed E-state index contributed by atoms with van der Waals surface area (Å²) in [7, 11) is 0. The molecular weight excluding hydrogens is 160 g/mol. The molecule has 0 amide bonds. The molecule has 11 heavy (non-hydrogen) atoms. The Bertz CT molecular complexity index is 354. The molecule has 0 aromatic carbocycles. The highest BCUT2D eigenvalue weighted by molar-refractivity contribution is 6.30. The van der Waals surface area contributed by atoms with Gasteiger partial charge in [-0.1, -0.05) is 11.6 Å². The van der Waals surface area contributed by atoms with Crippen molar-refractivity contribution >= 4 is 11.6 Å². The van der Waals surface area contributed by atoms with E-state index in [0.717, 1.165) is 0 Å². The second kappa shape index (κ2) is 3.61. The summed E-state index contributed by atoms with van der Waals surface area (Å²) in [5, 5.41) is 8.64. The van der Waals surface area contributed by atoms with Gasteiger partial charge in [-0.25, -0.2) is 0 Å². The summed E-state index contributed by atoms with van der Waals surface area (Å²) in [5.41, 5.74) is 0.652. The van der Waals surface area contributed by atoms with Crippen molar-refractivity contribution in [2.45, 2.75) is 0 Å². The molecular formula is C8H3ClN2. The van der Waals surface area contributed by atoms with Crippen molar-refractivity contribution in [2.24, 2.45) is 0 Å². The fourth-order valence-corrected chi connectivity index (χ4v) is 0.754. The van der Waals surface area contributed by atoms with Crippen LogP contribution in [0.2, 0.25) is 5.02 Å². The van der Waals surface area contributed by atoms with Gasteiger partial charge in [0.1, 0.15) is 0 Å². The normalized spacial score (nSPS) is 7.64. The Morgan fingerprint density at radius 1 is 1.45 bits per heavy atom. The van der Waals surface area contributed by atoms with Crippen LogP contribution in [0.5, 0.6) is 0 Å². The van der Waals surface area contributed by atoms with E-state index in [1.165, 1.54) is 6.20 Å². The standard InChI is InChI=1S/C8H3ClN2/c9-8-4-7(2-1-3-10)5-11-6-8/h4-6H. The molecule has 52 valence electrons. The molecule has 0 saturated carbocycles. The molecule has 0 aliphatic carbocycles. The van der Waals surface area contributed by atoms with Crippen LogP contribution in [0.15, 0.2) is 18.5 Å². The molecule has 3 heteroatoms. The fraction of sp³-hybridized carbons (Fsp3) is 0. The van der Waals surface area contributed by atoms with Gasteiger partial charge in [-0.05, 0) is 12.0 Å². The van der Waals surface area contributed by atoms with E-state index < -0.39 is 0 Å². The van der Waals surface area contributed by atoms with Crippen molar-refractivity contribution in [3.8, 4) is 17.9 Å². The SMILES string of the molecule is N#CC#Cc1cncc(Cl)c1. The van der Waals surface area contributed by atoms with E-state index in [2.05, 4.69) is 16.8 Å². The lowest BCUT2D eigenvalue weighted by atomic mass is 10.3. The molecule has 0 radical (unpaired) electrons. The number of nitrogens with zero attached hydrogens (tertiary/aromatic N) is 2. The monoisotopic (exact) mass is 162 g/mol. The molecule has 0 aliphatic rings.